The second kappa shape index (κ2) is 7.15. The molecular weight excluding hydrogens is 342 g/mol. The lowest BCUT2D eigenvalue weighted by molar-refractivity contribution is 0.324. The van der Waals surface area contributed by atoms with Crippen LogP contribution in [-0.2, 0) is 0 Å². The summed E-state index contributed by atoms with van der Waals surface area (Å²) in [6.07, 6.45) is 2.01. The number of hydrogen-bond acceptors (Lipinski definition) is 5. The van der Waals surface area contributed by atoms with E-state index in [1.807, 2.05) is 36.4 Å². The first-order valence-corrected chi connectivity index (χ1v) is 8.48. The number of methoxy groups -OCH3 is 3. The number of thioether (sulfide) groups is 1. The van der Waals surface area contributed by atoms with Crippen molar-refractivity contribution in [1.29, 1.82) is 0 Å². The fraction of sp³-hybridized carbons (Fsp3) is 0.167. The Morgan fingerprint density at radius 2 is 1.67 bits per heavy atom. The van der Waals surface area contributed by atoms with Gasteiger partial charge in [-0.15, -0.1) is 0 Å². The van der Waals surface area contributed by atoms with Gasteiger partial charge in [-0.25, -0.2) is 0 Å². The normalized spacial score (nSPS) is 14.8. The Balaban J connectivity index is 2.01. The van der Waals surface area contributed by atoms with E-state index in [4.69, 9.17) is 26.4 Å². The second-order valence-corrected chi connectivity index (χ2v) is 6.51. The van der Waals surface area contributed by atoms with Crippen LogP contribution in [0.25, 0.3) is 6.08 Å². The molecule has 0 unspecified atom stereocenters. The van der Waals surface area contributed by atoms with Crippen LogP contribution in [0, 0.1) is 0 Å². The SMILES string of the molecule is COc1cc(/C=C2\Sc3ccccc3NC2=S)cc(OC)c1OC. The number of rotatable bonds is 4. The van der Waals surface area contributed by atoms with Crippen molar-refractivity contribution >= 4 is 40.7 Å². The third-order valence-corrected chi connectivity index (χ3v) is 5.13. The van der Waals surface area contributed by atoms with Crippen molar-refractivity contribution in [3.63, 3.8) is 0 Å². The van der Waals surface area contributed by atoms with E-state index in [9.17, 15) is 0 Å². The molecule has 0 spiro atoms. The zero-order valence-electron chi connectivity index (χ0n) is 13.6. The molecular formula is C18H17NO3S2. The summed E-state index contributed by atoms with van der Waals surface area (Å²) in [6.45, 7) is 0. The number of anilines is 1. The summed E-state index contributed by atoms with van der Waals surface area (Å²) in [6, 6.07) is 11.9. The average molecular weight is 359 g/mol. The van der Waals surface area contributed by atoms with Crippen LogP contribution in [0.15, 0.2) is 46.2 Å². The number of thiocarbonyl (C=S) groups is 1. The highest BCUT2D eigenvalue weighted by atomic mass is 32.2. The van der Waals surface area contributed by atoms with E-state index in [-0.39, 0.29) is 0 Å². The van der Waals surface area contributed by atoms with Gasteiger partial charge in [-0.3, -0.25) is 0 Å². The van der Waals surface area contributed by atoms with E-state index in [0.29, 0.717) is 22.2 Å². The summed E-state index contributed by atoms with van der Waals surface area (Å²) in [5.74, 6) is 1.80. The van der Waals surface area contributed by atoms with Crippen molar-refractivity contribution in [3.8, 4) is 17.2 Å². The van der Waals surface area contributed by atoms with E-state index in [1.54, 1.807) is 33.1 Å². The lowest BCUT2D eigenvalue weighted by Gasteiger charge is -2.21. The maximum Gasteiger partial charge on any atom is 0.203 e. The molecule has 2 aromatic rings. The van der Waals surface area contributed by atoms with Crippen LogP contribution in [-0.4, -0.2) is 26.3 Å². The molecule has 4 nitrogen and oxygen atoms in total. The van der Waals surface area contributed by atoms with Gasteiger partial charge in [0.25, 0.3) is 0 Å². The van der Waals surface area contributed by atoms with Gasteiger partial charge in [-0.2, -0.15) is 0 Å². The van der Waals surface area contributed by atoms with Gasteiger partial charge < -0.3 is 19.5 Å². The van der Waals surface area contributed by atoms with E-state index in [2.05, 4.69) is 11.4 Å². The quantitative estimate of drug-likeness (QED) is 0.635. The molecule has 0 fully saturated rings. The number of ether oxygens (including phenoxy) is 3. The third kappa shape index (κ3) is 3.20. The van der Waals surface area contributed by atoms with Gasteiger partial charge in [0.15, 0.2) is 11.5 Å². The first kappa shape index (κ1) is 16.7. The minimum absolute atomic E-state index is 0.574. The molecule has 0 amide bonds. The molecule has 0 aromatic heterocycles. The minimum Gasteiger partial charge on any atom is -0.493 e. The van der Waals surface area contributed by atoms with Crippen LogP contribution in [0.5, 0.6) is 17.2 Å². The first-order valence-electron chi connectivity index (χ1n) is 7.26. The summed E-state index contributed by atoms with van der Waals surface area (Å²) in [7, 11) is 4.80. The molecule has 1 heterocycles. The van der Waals surface area contributed by atoms with Gasteiger partial charge >= 0.3 is 0 Å². The number of nitrogens with one attached hydrogen (secondary N) is 1. The highest BCUT2D eigenvalue weighted by Crippen LogP contribution is 2.42. The lowest BCUT2D eigenvalue weighted by atomic mass is 10.1. The zero-order valence-corrected chi connectivity index (χ0v) is 15.2. The monoisotopic (exact) mass is 359 g/mol. The van der Waals surface area contributed by atoms with Crippen LogP contribution in [0.1, 0.15) is 5.56 Å². The fourth-order valence-corrected chi connectivity index (χ4v) is 3.68. The second-order valence-electron chi connectivity index (χ2n) is 5.02. The first-order chi connectivity index (χ1) is 11.7. The van der Waals surface area contributed by atoms with E-state index in [1.165, 1.54) is 0 Å². The lowest BCUT2D eigenvalue weighted by Crippen LogP contribution is -2.15. The predicted octanol–water partition coefficient (Wildman–Crippen LogP) is 4.60. The van der Waals surface area contributed by atoms with Crippen molar-refractivity contribution in [3.05, 3.63) is 46.9 Å². The van der Waals surface area contributed by atoms with Crippen molar-refractivity contribution < 1.29 is 14.2 Å². The fourth-order valence-electron chi connectivity index (χ4n) is 2.44. The van der Waals surface area contributed by atoms with Gasteiger partial charge in [0, 0.05) is 9.80 Å². The number of para-hydroxylation sites is 1. The summed E-state index contributed by atoms with van der Waals surface area (Å²) in [5, 5.41) is 3.27. The van der Waals surface area contributed by atoms with Gasteiger partial charge in [0.05, 0.1) is 27.0 Å². The molecule has 0 saturated carbocycles. The van der Waals surface area contributed by atoms with E-state index >= 15 is 0 Å². The summed E-state index contributed by atoms with van der Waals surface area (Å²) in [5.41, 5.74) is 1.96. The molecule has 24 heavy (non-hydrogen) atoms. The number of fused-ring (bicyclic) bond motifs is 1. The molecule has 1 aliphatic heterocycles. The van der Waals surface area contributed by atoms with E-state index < -0.39 is 0 Å². The van der Waals surface area contributed by atoms with Crippen LogP contribution >= 0.6 is 24.0 Å². The van der Waals surface area contributed by atoms with Gasteiger partial charge in [0.1, 0.15) is 4.99 Å². The Labute approximate surface area is 150 Å². The Morgan fingerprint density at radius 1 is 1.00 bits per heavy atom. The molecule has 1 aliphatic rings. The highest BCUT2D eigenvalue weighted by Gasteiger charge is 2.18. The molecule has 6 heteroatoms. The van der Waals surface area contributed by atoms with Crippen LogP contribution in [0.3, 0.4) is 0 Å². The van der Waals surface area contributed by atoms with Crippen LogP contribution < -0.4 is 19.5 Å². The molecule has 0 atom stereocenters. The minimum atomic E-state index is 0.574. The van der Waals surface area contributed by atoms with Crippen molar-refractivity contribution in [2.24, 2.45) is 0 Å². The third-order valence-electron chi connectivity index (χ3n) is 3.56. The maximum atomic E-state index is 5.49. The average Bonchev–Trinajstić information content (AvgIpc) is 2.61. The van der Waals surface area contributed by atoms with E-state index in [0.717, 1.165) is 21.1 Å². The Hall–Kier alpha value is -2.18. The molecule has 3 rings (SSSR count). The van der Waals surface area contributed by atoms with Gasteiger partial charge in [0.2, 0.25) is 5.75 Å². The largest absolute Gasteiger partial charge is 0.493 e. The molecule has 124 valence electrons. The Kier molecular flexibility index (Phi) is 4.97. The molecule has 0 aliphatic carbocycles. The predicted molar refractivity (Wildman–Crippen MR) is 103 cm³/mol. The number of hydrogen-bond donors (Lipinski definition) is 1. The van der Waals surface area contributed by atoms with Crippen LogP contribution in [0.2, 0.25) is 0 Å². The van der Waals surface area contributed by atoms with Gasteiger partial charge in [-0.05, 0) is 35.9 Å². The summed E-state index contributed by atoms with van der Waals surface area (Å²) >= 11 is 7.13. The highest BCUT2D eigenvalue weighted by molar-refractivity contribution is 8.05. The molecule has 0 bridgehead atoms. The molecule has 0 saturated heterocycles. The molecule has 2 aromatic carbocycles. The Bertz CT molecular complexity index is 793. The molecule has 1 N–H and O–H groups in total. The van der Waals surface area contributed by atoms with Crippen molar-refractivity contribution in [1.82, 2.24) is 0 Å². The van der Waals surface area contributed by atoms with Crippen LogP contribution in [0.4, 0.5) is 5.69 Å². The topological polar surface area (TPSA) is 39.7 Å². The summed E-state index contributed by atoms with van der Waals surface area (Å²) < 4.78 is 16.2. The van der Waals surface area contributed by atoms with Crippen molar-refractivity contribution in [2.45, 2.75) is 4.90 Å². The smallest absolute Gasteiger partial charge is 0.203 e. The number of benzene rings is 2. The Morgan fingerprint density at radius 3 is 2.29 bits per heavy atom. The standard InChI is InChI=1S/C18H17NO3S2/c1-20-13-8-11(9-14(21-2)17(13)22-3)10-16-18(23)19-12-6-4-5-7-15(12)24-16/h4-10H,1-3H3,(H,19,23)/b16-10-. The van der Waals surface area contributed by atoms with Crippen molar-refractivity contribution in [2.75, 3.05) is 26.6 Å². The zero-order chi connectivity index (χ0) is 17.1. The molecule has 0 radical (unpaired) electrons. The summed E-state index contributed by atoms with van der Waals surface area (Å²) in [4.78, 5) is 2.82. The maximum absolute atomic E-state index is 5.49. The van der Waals surface area contributed by atoms with Gasteiger partial charge in [-0.1, -0.05) is 36.1 Å².